The molecule has 4 nitrogen and oxygen atoms in total. The van der Waals surface area contributed by atoms with Gasteiger partial charge in [0.05, 0.1) is 10.1 Å². The van der Waals surface area contributed by atoms with Crippen molar-refractivity contribution in [3.8, 4) is 0 Å². The van der Waals surface area contributed by atoms with Crippen molar-refractivity contribution in [1.82, 2.24) is 5.32 Å². The normalized spacial score (nSPS) is 14.0. The Balaban J connectivity index is 1.34. The lowest BCUT2D eigenvalue weighted by molar-refractivity contribution is -0.124. The van der Waals surface area contributed by atoms with Gasteiger partial charge in [-0.25, -0.2) is 4.79 Å². The van der Waals surface area contributed by atoms with Crippen LogP contribution in [0.15, 0.2) is 53.4 Å². The second-order valence-electron chi connectivity index (χ2n) is 6.28. The molecule has 1 aliphatic rings. The van der Waals surface area contributed by atoms with E-state index in [0.29, 0.717) is 16.7 Å². The number of rotatable bonds is 8. The summed E-state index contributed by atoms with van der Waals surface area (Å²) in [6.07, 6.45) is 0. The highest BCUT2D eigenvalue weighted by molar-refractivity contribution is 8.19. The lowest BCUT2D eigenvalue weighted by Gasteiger charge is -2.09. The molecule has 1 amide bonds. The molecule has 148 valence electrons. The minimum atomic E-state index is -0.470. The number of carbonyl (C=O) groups excluding carboxylic acids is 2. The van der Waals surface area contributed by atoms with E-state index in [1.807, 2.05) is 35.7 Å². The van der Waals surface area contributed by atoms with Crippen LogP contribution < -0.4 is 5.32 Å². The highest BCUT2D eigenvalue weighted by Crippen LogP contribution is 2.45. The Morgan fingerprint density at radius 2 is 1.75 bits per heavy atom. The molecule has 1 heterocycles. The Morgan fingerprint density at radius 3 is 2.43 bits per heavy atom. The lowest BCUT2D eigenvalue weighted by Crippen LogP contribution is -2.30. The SMILES string of the molecule is Cc1ccc(SCCNC(=O)COC(=O)c2ccc(C3SCCS3)cc2)cc1. The summed E-state index contributed by atoms with van der Waals surface area (Å²) in [6.45, 7) is 2.32. The molecule has 28 heavy (non-hydrogen) atoms. The summed E-state index contributed by atoms with van der Waals surface area (Å²) < 4.78 is 5.57. The van der Waals surface area contributed by atoms with Crippen LogP contribution in [-0.4, -0.2) is 42.3 Å². The quantitative estimate of drug-likeness (QED) is 0.375. The molecule has 2 aromatic carbocycles. The van der Waals surface area contributed by atoms with Crippen molar-refractivity contribution in [3.05, 3.63) is 65.2 Å². The third-order valence-electron chi connectivity index (χ3n) is 4.09. The smallest absolute Gasteiger partial charge is 0.338 e. The maximum atomic E-state index is 12.1. The van der Waals surface area contributed by atoms with Crippen LogP contribution in [0.2, 0.25) is 0 Å². The van der Waals surface area contributed by atoms with Crippen LogP contribution in [0, 0.1) is 6.92 Å². The van der Waals surface area contributed by atoms with Crippen molar-refractivity contribution in [3.63, 3.8) is 0 Å². The summed E-state index contributed by atoms with van der Waals surface area (Å²) in [4.78, 5) is 25.1. The van der Waals surface area contributed by atoms with Crippen LogP contribution in [0.5, 0.6) is 0 Å². The molecule has 1 saturated heterocycles. The number of hydrogen-bond acceptors (Lipinski definition) is 6. The van der Waals surface area contributed by atoms with Crippen LogP contribution in [-0.2, 0) is 9.53 Å². The number of aryl methyl sites for hydroxylation is 1. The van der Waals surface area contributed by atoms with E-state index in [1.54, 1.807) is 23.9 Å². The monoisotopic (exact) mass is 433 g/mol. The minimum absolute atomic E-state index is 0.260. The zero-order valence-corrected chi connectivity index (χ0v) is 18.1. The molecule has 3 rings (SSSR count). The predicted octanol–water partition coefficient (Wildman–Crippen LogP) is 4.54. The van der Waals surface area contributed by atoms with Gasteiger partial charge < -0.3 is 10.1 Å². The third-order valence-corrected chi connectivity index (χ3v) is 8.21. The fourth-order valence-corrected chi connectivity index (χ4v) is 6.21. The van der Waals surface area contributed by atoms with Crippen LogP contribution in [0.4, 0.5) is 0 Å². The molecule has 0 saturated carbocycles. The van der Waals surface area contributed by atoms with Gasteiger partial charge in [-0.05, 0) is 36.8 Å². The van der Waals surface area contributed by atoms with Gasteiger partial charge in [-0.2, -0.15) is 0 Å². The zero-order valence-electron chi connectivity index (χ0n) is 15.7. The van der Waals surface area contributed by atoms with E-state index in [9.17, 15) is 9.59 Å². The van der Waals surface area contributed by atoms with E-state index in [1.165, 1.54) is 16.0 Å². The molecule has 0 radical (unpaired) electrons. The van der Waals surface area contributed by atoms with Gasteiger partial charge in [-0.1, -0.05) is 29.8 Å². The topological polar surface area (TPSA) is 55.4 Å². The van der Waals surface area contributed by atoms with Crippen molar-refractivity contribution in [1.29, 1.82) is 0 Å². The Bertz CT molecular complexity index is 788. The van der Waals surface area contributed by atoms with Gasteiger partial charge in [-0.3, -0.25) is 4.79 Å². The number of carbonyl (C=O) groups is 2. The summed E-state index contributed by atoms with van der Waals surface area (Å²) in [5.74, 6) is 2.34. The van der Waals surface area contributed by atoms with Crippen molar-refractivity contribution < 1.29 is 14.3 Å². The lowest BCUT2D eigenvalue weighted by atomic mass is 10.1. The Hall–Kier alpha value is -1.57. The number of benzene rings is 2. The van der Waals surface area contributed by atoms with E-state index >= 15 is 0 Å². The van der Waals surface area contributed by atoms with E-state index in [-0.39, 0.29) is 12.5 Å². The molecule has 1 fully saturated rings. The maximum Gasteiger partial charge on any atom is 0.338 e. The number of amides is 1. The summed E-state index contributed by atoms with van der Waals surface area (Å²) in [7, 11) is 0. The molecule has 1 aliphatic heterocycles. The van der Waals surface area contributed by atoms with Gasteiger partial charge >= 0.3 is 5.97 Å². The molecule has 2 aromatic rings. The van der Waals surface area contributed by atoms with Gasteiger partial charge in [0.15, 0.2) is 6.61 Å². The molecular formula is C21H23NO3S3. The standard InChI is InChI=1S/C21H23NO3S3/c1-15-2-8-18(9-3-15)26-11-10-22-19(23)14-25-20(24)16-4-6-17(7-5-16)21-27-12-13-28-21/h2-9,21H,10-14H2,1H3,(H,22,23). The highest BCUT2D eigenvalue weighted by Gasteiger charge is 2.18. The first-order valence-corrected chi connectivity index (χ1v) is 12.2. The first-order chi connectivity index (χ1) is 13.6. The van der Waals surface area contributed by atoms with Gasteiger partial charge in [0.2, 0.25) is 0 Å². The van der Waals surface area contributed by atoms with Crippen LogP contribution in [0.25, 0.3) is 0 Å². The molecule has 7 heteroatoms. The fourth-order valence-electron chi connectivity index (χ4n) is 2.59. The number of nitrogens with one attached hydrogen (secondary N) is 1. The van der Waals surface area contributed by atoms with Crippen LogP contribution >= 0.6 is 35.3 Å². The highest BCUT2D eigenvalue weighted by atomic mass is 32.2. The van der Waals surface area contributed by atoms with E-state index in [2.05, 4.69) is 36.5 Å². The van der Waals surface area contributed by atoms with Crippen molar-refractivity contribution in [2.75, 3.05) is 30.4 Å². The number of esters is 1. The number of ether oxygens (including phenoxy) is 1. The summed E-state index contributed by atoms with van der Waals surface area (Å²) in [5, 5.41) is 2.77. The van der Waals surface area contributed by atoms with E-state index in [4.69, 9.17) is 4.74 Å². The first kappa shape index (κ1) is 21.1. The predicted molar refractivity (Wildman–Crippen MR) is 119 cm³/mol. The average molecular weight is 434 g/mol. The van der Waals surface area contributed by atoms with Gasteiger partial charge in [0.1, 0.15) is 0 Å². The van der Waals surface area contributed by atoms with E-state index < -0.39 is 5.97 Å². The Morgan fingerprint density at radius 1 is 1.07 bits per heavy atom. The van der Waals surface area contributed by atoms with Crippen LogP contribution in [0.3, 0.4) is 0 Å². The average Bonchev–Trinajstić information content (AvgIpc) is 3.26. The molecule has 0 unspecified atom stereocenters. The molecule has 0 aromatic heterocycles. The summed E-state index contributed by atoms with van der Waals surface area (Å²) >= 11 is 5.53. The minimum Gasteiger partial charge on any atom is -0.452 e. The summed E-state index contributed by atoms with van der Waals surface area (Å²) in [5.41, 5.74) is 2.91. The van der Waals surface area contributed by atoms with Crippen molar-refractivity contribution >= 4 is 47.2 Å². The van der Waals surface area contributed by atoms with Crippen molar-refractivity contribution in [2.45, 2.75) is 16.4 Å². The van der Waals surface area contributed by atoms with Gasteiger partial charge in [0.25, 0.3) is 5.91 Å². The molecule has 0 bridgehead atoms. The second kappa shape index (κ2) is 10.8. The second-order valence-corrected chi connectivity index (χ2v) is 10.2. The summed E-state index contributed by atoms with van der Waals surface area (Å²) in [6, 6.07) is 15.7. The van der Waals surface area contributed by atoms with Crippen LogP contribution in [0.1, 0.15) is 26.1 Å². The fraction of sp³-hybridized carbons (Fsp3) is 0.333. The first-order valence-electron chi connectivity index (χ1n) is 9.08. The molecule has 0 spiro atoms. The largest absolute Gasteiger partial charge is 0.452 e. The number of thioether (sulfide) groups is 3. The molecule has 0 aliphatic carbocycles. The van der Waals surface area contributed by atoms with Gasteiger partial charge in [-0.15, -0.1) is 35.3 Å². The van der Waals surface area contributed by atoms with E-state index in [0.717, 1.165) is 17.3 Å². The Labute approximate surface area is 178 Å². The molecule has 1 N–H and O–H groups in total. The Kier molecular flexibility index (Phi) is 8.18. The third kappa shape index (κ3) is 6.50. The van der Waals surface area contributed by atoms with Crippen molar-refractivity contribution in [2.24, 2.45) is 0 Å². The van der Waals surface area contributed by atoms with Gasteiger partial charge in [0, 0.05) is 28.7 Å². The molecular weight excluding hydrogens is 410 g/mol. The number of hydrogen-bond donors (Lipinski definition) is 1. The maximum absolute atomic E-state index is 12.1. The zero-order chi connectivity index (χ0) is 19.8. The molecule has 0 atom stereocenters.